The molecule has 0 spiro atoms. The van der Waals surface area contributed by atoms with E-state index in [0.29, 0.717) is 16.5 Å². The highest BCUT2D eigenvalue weighted by Gasteiger charge is 2.14. The van der Waals surface area contributed by atoms with Crippen LogP contribution in [0.5, 0.6) is 0 Å². The first-order chi connectivity index (χ1) is 7.49. The van der Waals surface area contributed by atoms with Crippen LogP contribution in [0.2, 0.25) is 0 Å². The van der Waals surface area contributed by atoms with Crippen molar-refractivity contribution in [2.24, 2.45) is 0 Å². The van der Waals surface area contributed by atoms with E-state index in [1.54, 1.807) is 24.3 Å². The van der Waals surface area contributed by atoms with Crippen LogP contribution in [0.15, 0.2) is 29.2 Å². The van der Waals surface area contributed by atoms with Crippen LogP contribution in [0.4, 0.5) is 5.69 Å². The number of hydrogen-bond donors (Lipinski definition) is 1. The molecule has 90 valence electrons. The molecular formula is C11H16ClNO2S. The van der Waals surface area contributed by atoms with Gasteiger partial charge in [0.1, 0.15) is 0 Å². The van der Waals surface area contributed by atoms with Crippen LogP contribution < -0.4 is 5.32 Å². The van der Waals surface area contributed by atoms with Crippen LogP contribution in [0.25, 0.3) is 0 Å². The molecule has 3 nitrogen and oxygen atoms in total. The van der Waals surface area contributed by atoms with Gasteiger partial charge in [-0.1, -0.05) is 19.1 Å². The van der Waals surface area contributed by atoms with Crippen LogP contribution in [0, 0.1) is 0 Å². The summed E-state index contributed by atoms with van der Waals surface area (Å²) < 4.78 is 23.1. The highest BCUT2D eigenvalue weighted by molar-refractivity contribution is 7.90. The van der Waals surface area contributed by atoms with E-state index in [1.165, 1.54) is 6.26 Å². The van der Waals surface area contributed by atoms with Gasteiger partial charge in [-0.05, 0) is 18.6 Å². The van der Waals surface area contributed by atoms with E-state index in [9.17, 15) is 8.42 Å². The summed E-state index contributed by atoms with van der Waals surface area (Å²) >= 11 is 5.77. The van der Waals surface area contributed by atoms with Gasteiger partial charge in [0, 0.05) is 18.2 Å². The lowest BCUT2D eigenvalue weighted by Crippen LogP contribution is -2.21. The molecule has 1 aromatic rings. The summed E-state index contributed by atoms with van der Waals surface area (Å²) in [7, 11) is -3.20. The summed E-state index contributed by atoms with van der Waals surface area (Å²) in [6, 6.07) is 6.95. The molecule has 0 fully saturated rings. The number of alkyl halides is 1. The van der Waals surface area contributed by atoms with Crippen molar-refractivity contribution < 1.29 is 8.42 Å². The van der Waals surface area contributed by atoms with Gasteiger partial charge < -0.3 is 5.32 Å². The fourth-order valence-electron chi connectivity index (χ4n) is 1.38. The molecule has 0 bridgehead atoms. The second-order valence-electron chi connectivity index (χ2n) is 3.67. The van der Waals surface area contributed by atoms with Crippen LogP contribution >= 0.6 is 11.6 Å². The van der Waals surface area contributed by atoms with Gasteiger partial charge >= 0.3 is 0 Å². The van der Waals surface area contributed by atoms with Crippen molar-refractivity contribution in [1.29, 1.82) is 0 Å². The zero-order chi connectivity index (χ0) is 12.2. The van der Waals surface area contributed by atoms with E-state index in [4.69, 9.17) is 11.6 Å². The topological polar surface area (TPSA) is 46.2 Å². The molecule has 1 N–H and O–H groups in total. The monoisotopic (exact) mass is 261 g/mol. The molecule has 1 atom stereocenters. The van der Waals surface area contributed by atoms with Crippen molar-refractivity contribution in [1.82, 2.24) is 0 Å². The van der Waals surface area contributed by atoms with Gasteiger partial charge in [-0.3, -0.25) is 0 Å². The van der Waals surface area contributed by atoms with Gasteiger partial charge in [0.05, 0.1) is 10.6 Å². The van der Waals surface area contributed by atoms with Crippen molar-refractivity contribution in [3.05, 3.63) is 24.3 Å². The van der Waals surface area contributed by atoms with Gasteiger partial charge in [0.15, 0.2) is 9.84 Å². The zero-order valence-electron chi connectivity index (χ0n) is 9.40. The van der Waals surface area contributed by atoms with Crippen molar-refractivity contribution in [2.45, 2.75) is 24.3 Å². The molecule has 0 saturated carbocycles. The minimum absolute atomic E-state index is 0.0876. The van der Waals surface area contributed by atoms with Gasteiger partial charge in [0.2, 0.25) is 0 Å². The summed E-state index contributed by atoms with van der Waals surface area (Å²) in [5, 5.41) is 3.14. The molecule has 0 aliphatic carbocycles. The Morgan fingerprint density at radius 2 is 2.00 bits per heavy atom. The Labute approximate surface area is 102 Å². The number of nitrogens with one attached hydrogen (secondary N) is 1. The summed E-state index contributed by atoms with van der Waals surface area (Å²) in [6.45, 7) is 2.00. The molecule has 1 aromatic carbocycles. The van der Waals surface area contributed by atoms with Crippen molar-refractivity contribution in [2.75, 3.05) is 17.5 Å². The summed E-state index contributed by atoms with van der Waals surface area (Å²) in [4.78, 5) is 0.318. The Balaban J connectivity index is 3.05. The average Bonchev–Trinajstić information content (AvgIpc) is 2.25. The van der Waals surface area contributed by atoms with Gasteiger partial charge in [-0.15, -0.1) is 11.6 Å². The Kier molecular flexibility index (Phi) is 4.62. The van der Waals surface area contributed by atoms with Crippen molar-refractivity contribution >= 4 is 27.1 Å². The predicted octanol–water partition coefficient (Wildman–Crippen LogP) is 2.52. The first-order valence-corrected chi connectivity index (χ1v) is 7.53. The summed E-state index contributed by atoms with van der Waals surface area (Å²) in [5.41, 5.74) is 0.623. The van der Waals surface area contributed by atoms with E-state index < -0.39 is 9.84 Å². The molecule has 0 radical (unpaired) electrons. The Bertz CT molecular complexity index is 441. The molecule has 1 unspecified atom stereocenters. The molecule has 0 aliphatic rings. The normalized spacial score (nSPS) is 13.4. The first kappa shape index (κ1) is 13.3. The predicted molar refractivity (Wildman–Crippen MR) is 68.0 cm³/mol. The van der Waals surface area contributed by atoms with Crippen molar-refractivity contribution in [3.63, 3.8) is 0 Å². The SMILES string of the molecule is CCC(CCl)Nc1ccccc1S(C)(=O)=O. The molecule has 0 aromatic heterocycles. The number of sulfone groups is 1. The Morgan fingerprint density at radius 3 is 2.50 bits per heavy atom. The molecule has 16 heavy (non-hydrogen) atoms. The minimum atomic E-state index is -3.20. The van der Waals surface area contributed by atoms with Gasteiger partial charge in [-0.25, -0.2) is 8.42 Å². The lowest BCUT2D eigenvalue weighted by Gasteiger charge is -2.17. The Morgan fingerprint density at radius 1 is 1.38 bits per heavy atom. The van der Waals surface area contributed by atoms with Gasteiger partial charge in [0.25, 0.3) is 0 Å². The maximum atomic E-state index is 11.5. The molecule has 0 aliphatic heterocycles. The van der Waals surface area contributed by atoms with E-state index in [2.05, 4.69) is 5.32 Å². The number of benzene rings is 1. The largest absolute Gasteiger partial charge is 0.380 e. The smallest absolute Gasteiger partial charge is 0.177 e. The first-order valence-electron chi connectivity index (χ1n) is 5.10. The van der Waals surface area contributed by atoms with E-state index in [1.807, 2.05) is 6.92 Å². The zero-order valence-corrected chi connectivity index (χ0v) is 11.0. The summed E-state index contributed by atoms with van der Waals surface area (Å²) in [5.74, 6) is 0.453. The molecule has 0 saturated heterocycles. The molecule has 5 heteroatoms. The maximum Gasteiger partial charge on any atom is 0.177 e. The van der Waals surface area contributed by atoms with Crippen LogP contribution in [-0.2, 0) is 9.84 Å². The van der Waals surface area contributed by atoms with E-state index >= 15 is 0 Å². The molecular weight excluding hydrogens is 246 g/mol. The molecule has 1 rings (SSSR count). The number of hydrogen-bond acceptors (Lipinski definition) is 3. The third-order valence-corrected chi connectivity index (χ3v) is 3.85. The highest BCUT2D eigenvalue weighted by atomic mass is 35.5. The standard InChI is InChI=1S/C11H16ClNO2S/c1-3-9(8-12)13-10-6-4-5-7-11(10)16(2,14)15/h4-7,9,13H,3,8H2,1-2H3. The number of rotatable bonds is 5. The van der Waals surface area contributed by atoms with Crippen molar-refractivity contribution in [3.8, 4) is 0 Å². The average molecular weight is 262 g/mol. The quantitative estimate of drug-likeness (QED) is 0.829. The van der Waals surface area contributed by atoms with Crippen LogP contribution in [-0.4, -0.2) is 26.6 Å². The van der Waals surface area contributed by atoms with Crippen LogP contribution in [0.1, 0.15) is 13.3 Å². The highest BCUT2D eigenvalue weighted by Crippen LogP contribution is 2.21. The third-order valence-electron chi connectivity index (χ3n) is 2.33. The number of anilines is 1. The second-order valence-corrected chi connectivity index (χ2v) is 5.96. The second kappa shape index (κ2) is 5.55. The fourth-order valence-corrected chi connectivity index (χ4v) is 2.53. The number of halogens is 1. The lowest BCUT2D eigenvalue weighted by molar-refractivity contribution is 0.602. The molecule has 0 heterocycles. The Hall–Kier alpha value is -0.740. The number of para-hydroxylation sites is 1. The van der Waals surface area contributed by atoms with Crippen LogP contribution in [0.3, 0.4) is 0 Å². The molecule has 0 amide bonds. The minimum Gasteiger partial charge on any atom is -0.380 e. The van der Waals surface area contributed by atoms with Gasteiger partial charge in [-0.2, -0.15) is 0 Å². The maximum absolute atomic E-state index is 11.5. The van der Waals surface area contributed by atoms with E-state index in [0.717, 1.165) is 6.42 Å². The third kappa shape index (κ3) is 3.39. The summed E-state index contributed by atoms with van der Waals surface area (Å²) in [6.07, 6.45) is 2.05. The van der Waals surface area contributed by atoms with E-state index in [-0.39, 0.29) is 6.04 Å². The fraction of sp³-hybridized carbons (Fsp3) is 0.455. The lowest BCUT2D eigenvalue weighted by atomic mass is 10.2.